The van der Waals surface area contributed by atoms with Crippen molar-refractivity contribution in [2.75, 3.05) is 0 Å². The summed E-state index contributed by atoms with van der Waals surface area (Å²) in [6.07, 6.45) is 5.04. The van der Waals surface area contributed by atoms with Crippen LogP contribution in [0.4, 0.5) is 0 Å². The molecule has 2 aliphatic rings. The van der Waals surface area contributed by atoms with Crippen molar-refractivity contribution < 1.29 is 0 Å². The van der Waals surface area contributed by atoms with Gasteiger partial charge in [-0.3, -0.25) is 0 Å². The second-order valence-corrected chi connectivity index (χ2v) is 5.43. The molecule has 2 aromatic carbocycles. The van der Waals surface area contributed by atoms with E-state index in [2.05, 4.69) is 37.3 Å². The van der Waals surface area contributed by atoms with E-state index in [1.807, 2.05) is 0 Å². The molecule has 0 heteroatoms. The van der Waals surface area contributed by atoms with Gasteiger partial charge in [0, 0.05) is 0 Å². The molecule has 0 fully saturated rings. The summed E-state index contributed by atoms with van der Waals surface area (Å²) in [4.78, 5) is 0. The molecule has 0 N–H and O–H groups in total. The Morgan fingerprint density at radius 3 is 2.71 bits per heavy atom. The third-order valence-electron chi connectivity index (χ3n) is 4.28. The monoisotopic (exact) mass is 220 g/mol. The maximum Gasteiger partial charge on any atom is -0.00132 e. The first-order valence-electron chi connectivity index (χ1n) is 6.56. The van der Waals surface area contributed by atoms with Gasteiger partial charge in [0.1, 0.15) is 0 Å². The van der Waals surface area contributed by atoms with E-state index in [1.54, 1.807) is 22.3 Å². The van der Waals surface area contributed by atoms with E-state index >= 15 is 0 Å². The fourth-order valence-electron chi connectivity index (χ4n) is 3.52. The summed E-state index contributed by atoms with van der Waals surface area (Å²) in [6, 6.07) is 11.7. The SMILES string of the molecule is Cc1ccc2c(c1)Cc1ccc3c(c1-2)CCC3. The molecule has 0 bridgehead atoms. The van der Waals surface area contributed by atoms with Crippen molar-refractivity contribution in [2.45, 2.75) is 32.6 Å². The number of hydrogen-bond acceptors (Lipinski definition) is 0. The number of aryl methyl sites for hydroxylation is 2. The van der Waals surface area contributed by atoms with E-state index in [0.717, 1.165) is 6.42 Å². The first kappa shape index (κ1) is 9.47. The molecule has 0 amide bonds. The predicted molar refractivity (Wildman–Crippen MR) is 71.4 cm³/mol. The maximum atomic E-state index is 2.36. The molecular weight excluding hydrogens is 204 g/mol. The lowest BCUT2D eigenvalue weighted by Crippen LogP contribution is -1.89. The number of benzene rings is 2. The van der Waals surface area contributed by atoms with E-state index < -0.39 is 0 Å². The Morgan fingerprint density at radius 1 is 0.882 bits per heavy atom. The van der Waals surface area contributed by atoms with Gasteiger partial charge in [-0.15, -0.1) is 0 Å². The van der Waals surface area contributed by atoms with E-state index in [0.29, 0.717) is 0 Å². The van der Waals surface area contributed by atoms with Crippen molar-refractivity contribution in [3.63, 3.8) is 0 Å². The van der Waals surface area contributed by atoms with Crippen LogP contribution in [0, 0.1) is 6.92 Å². The molecule has 17 heavy (non-hydrogen) atoms. The zero-order chi connectivity index (χ0) is 11.4. The predicted octanol–water partition coefficient (Wildman–Crippen LogP) is 4.05. The standard InChI is InChI=1S/C17H16/c1-11-5-8-16-14(9-11)10-13-7-6-12-3-2-4-15(12)17(13)16/h5-9H,2-4,10H2,1H3. The van der Waals surface area contributed by atoms with Crippen molar-refractivity contribution in [3.05, 3.63) is 58.1 Å². The third-order valence-corrected chi connectivity index (χ3v) is 4.28. The number of hydrogen-bond donors (Lipinski definition) is 0. The van der Waals surface area contributed by atoms with E-state index in [1.165, 1.54) is 36.0 Å². The van der Waals surface area contributed by atoms with Crippen LogP contribution in [0.2, 0.25) is 0 Å². The Labute approximate surface area is 102 Å². The summed E-state index contributed by atoms with van der Waals surface area (Å²) in [5, 5.41) is 0. The first-order chi connectivity index (χ1) is 8.33. The van der Waals surface area contributed by atoms with E-state index in [-0.39, 0.29) is 0 Å². The molecule has 0 nitrogen and oxygen atoms in total. The van der Waals surface area contributed by atoms with Crippen LogP contribution in [-0.4, -0.2) is 0 Å². The van der Waals surface area contributed by atoms with Crippen LogP contribution < -0.4 is 0 Å². The molecule has 0 unspecified atom stereocenters. The smallest absolute Gasteiger partial charge is 0.00132 e. The lowest BCUT2D eigenvalue weighted by atomic mass is 9.96. The topological polar surface area (TPSA) is 0 Å². The third kappa shape index (κ3) is 1.24. The Bertz CT molecular complexity index is 620. The molecule has 0 saturated heterocycles. The van der Waals surface area contributed by atoms with Crippen molar-refractivity contribution in [2.24, 2.45) is 0 Å². The van der Waals surface area contributed by atoms with Gasteiger partial charge in [0.15, 0.2) is 0 Å². The molecule has 0 spiro atoms. The Morgan fingerprint density at radius 2 is 1.76 bits per heavy atom. The second kappa shape index (κ2) is 3.22. The number of rotatable bonds is 0. The minimum Gasteiger partial charge on any atom is -0.0587 e. The highest BCUT2D eigenvalue weighted by molar-refractivity contribution is 5.81. The fraction of sp³-hybridized carbons (Fsp3) is 0.294. The van der Waals surface area contributed by atoms with Gasteiger partial charge in [-0.25, -0.2) is 0 Å². The summed E-state index contributed by atoms with van der Waals surface area (Å²) in [5.74, 6) is 0. The first-order valence-corrected chi connectivity index (χ1v) is 6.56. The largest absolute Gasteiger partial charge is 0.0587 e. The molecule has 0 saturated carbocycles. The van der Waals surface area contributed by atoms with E-state index in [4.69, 9.17) is 0 Å². The summed E-state index contributed by atoms with van der Waals surface area (Å²) >= 11 is 0. The zero-order valence-electron chi connectivity index (χ0n) is 10.2. The quantitative estimate of drug-likeness (QED) is 0.536. The van der Waals surface area contributed by atoms with Crippen LogP contribution in [0.1, 0.15) is 34.2 Å². The fourth-order valence-corrected chi connectivity index (χ4v) is 3.52. The Hall–Kier alpha value is -1.56. The van der Waals surface area contributed by atoms with Gasteiger partial charge in [-0.05, 0) is 66.0 Å². The highest BCUT2D eigenvalue weighted by atomic mass is 14.3. The molecule has 0 radical (unpaired) electrons. The highest BCUT2D eigenvalue weighted by Gasteiger charge is 2.24. The van der Waals surface area contributed by atoms with Crippen LogP contribution in [0.15, 0.2) is 30.3 Å². The lowest BCUT2D eigenvalue weighted by molar-refractivity contribution is 0.912. The van der Waals surface area contributed by atoms with Crippen molar-refractivity contribution in [1.29, 1.82) is 0 Å². The van der Waals surface area contributed by atoms with Gasteiger partial charge >= 0.3 is 0 Å². The average Bonchev–Trinajstić information content (AvgIpc) is 2.89. The van der Waals surface area contributed by atoms with E-state index in [9.17, 15) is 0 Å². The van der Waals surface area contributed by atoms with Crippen molar-refractivity contribution >= 4 is 0 Å². The van der Waals surface area contributed by atoms with Crippen LogP contribution in [0.25, 0.3) is 11.1 Å². The summed E-state index contributed by atoms with van der Waals surface area (Å²) in [5.41, 5.74) is 10.8. The van der Waals surface area contributed by atoms with Gasteiger partial charge in [0.25, 0.3) is 0 Å². The van der Waals surface area contributed by atoms with Crippen LogP contribution in [0.5, 0.6) is 0 Å². The molecule has 2 aliphatic carbocycles. The van der Waals surface area contributed by atoms with Crippen molar-refractivity contribution in [1.82, 2.24) is 0 Å². The molecule has 84 valence electrons. The zero-order valence-corrected chi connectivity index (χ0v) is 10.2. The lowest BCUT2D eigenvalue weighted by Gasteiger charge is -2.08. The minimum atomic E-state index is 1.14. The van der Waals surface area contributed by atoms with Gasteiger partial charge in [0.2, 0.25) is 0 Å². The summed E-state index contributed by atoms with van der Waals surface area (Å²) in [6.45, 7) is 2.19. The normalized spacial score (nSPS) is 15.6. The Kier molecular flexibility index (Phi) is 1.80. The molecule has 0 atom stereocenters. The summed E-state index contributed by atoms with van der Waals surface area (Å²) in [7, 11) is 0. The number of fused-ring (bicyclic) bond motifs is 5. The molecule has 4 rings (SSSR count). The molecule has 0 aromatic heterocycles. The second-order valence-electron chi connectivity index (χ2n) is 5.43. The minimum absolute atomic E-state index is 1.14. The molecule has 0 aliphatic heterocycles. The van der Waals surface area contributed by atoms with Gasteiger partial charge in [0.05, 0.1) is 0 Å². The van der Waals surface area contributed by atoms with Crippen LogP contribution >= 0.6 is 0 Å². The van der Waals surface area contributed by atoms with Gasteiger partial charge in [-0.2, -0.15) is 0 Å². The van der Waals surface area contributed by atoms with Crippen molar-refractivity contribution in [3.8, 4) is 11.1 Å². The maximum absolute atomic E-state index is 2.36. The molecule has 2 aromatic rings. The van der Waals surface area contributed by atoms with Crippen LogP contribution in [-0.2, 0) is 19.3 Å². The average molecular weight is 220 g/mol. The summed E-state index contributed by atoms with van der Waals surface area (Å²) < 4.78 is 0. The van der Waals surface area contributed by atoms with Gasteiger partial charge in [-0.1, -0.05) is 35.9 Å². The molecule has 0 heterocycles. The highest BCUT2D eigenvalue weighted by Crippen LogP contribution is 2.42. The van der Waals surface area contributed by atoms with Crippen LogP contribution in [0.3, 0.4) is 0 Å². The van der Waals surface area contributed by atoms with Gasteiger partial charge < -0.3 is 0 Å². The Balaban J connectivity index is 2.02. The molecular formula is C17H16.